The number of aliphatic hydroxyl groups excluding tert-OH is 1. The van der Waals surface area contributed by atoms with E-state index in [-0.39, 0.29) is 27.2 Å². The number of aliphatic hydroxyl groups is 1. The fraction of sp³-hybridized carbons (Fsp3) is 0.844. The van der Waals surface area contributed by atoms with Gasteiger partial charge in [0.25, 0.3) is 0 Å². The number of rotatable bonds is 31. The van der Waals surface area contributed by atoms with E-state index in [1.807, 2.05) is 6.08 Å². The Balaban J connectivity index is 5.92. The standard InChI is InChI=1S/C32H57NO12/c1-7-8-9-14-17-26(34)18-15-12-10-11-13-16-19-27(43-23-38-3)29(44-24-39-4)30(45-25-40-5)32(28(35)20-33,31(36)41-6)21-42-22-37-2/h16,19,27-30,35H,7-15,17-18,21-25H2,1-6H3/b19-16+/t27-,28?,29+,30-,32-/m0/s1. The normalized spacial score (nSPS) is 15.7. The maximum Gasteiger partial charge on any atom is 0.320 e. The van der Waals surface area contributed by atoms with Gasteiger partial charge in [-0.2, -0.15) is 5.26 Å². The fourth-order valence-electron chi connectivity index (χ4n) is 4.83. The van der Waals surface area contributed by atoms with Crippen molar-refractivity contribution in [2.75, 3.05) is 69.3 Å². The minimum atomic E-state index is -2.12. The molecular formula is C32H57NO12. The van der Waals surface area contributed by atoms with Gasteiger partial charge in [-0.05, 0) is 25.7 Å². The van der Waals surface area contributed by atoms with Crippen LogP contribution in [0.5, 0.6) is 0 Å². The Labute approximate surface area is 269 Å². The number of allylic oxidation sites excluding steroid dienone is 1. The molecule has 262 valence electrons. The van der Waals surface area contributed by atoms with Crippen LogP contribution in [0.1, 0.15) is 77.6 Å². The SMILES string of the molecule is CCCCCCC(=O)CCCCCC/C=C/[C@H](OCOC)[C@@H](OCOC)[C@H](OCOC)[C@@](COCOC)(C(=O)OC)C(O)C#N. The Morgan fingerprint density at radius 3 is 1.96 bits per heavy atom. The van der Waals surface area contributed by atoms with Gasteiger partial charge in [-0.1, -0.05) is 51.2 Å². The Morgan fingerprint density at radius 1 is 0.800 bits per heavy atom. The molecule has 0 spiro atoms. The van der Waals surface area contributed by atoms with Crippen molar-refractivity contribution in [3.8, 4) is 6.07 Å². The van der Waals surface area contributed by atoms with Crippen molar-refractivity contribution in [3.63, 3.8) is 0 Å². The van der Waals surface area contributed by atoms with Gasteiger partial charge in [0.05, 0.1) is 19.8 Å². The summed E-state index contributed by atoms with van der Waals surface area (Å²) in [5.74, 6) is -0.637. The van der Waals surface area contributed by atoms with Crippen LogP contribution in [0.25, 0.3) is 0 Å². The number of Topliss-reactive ketones (excluding diaryl/α,β-unsaturated/α-hetero) is 1. The molecule has 0 aliphatic heterocycles. The Morgan fingerprint density at radius 2 is 1.38 bits per heavy atom. The maximum atomic E-state index is 13.4. The molecule has 0 fully saturated rings. The first-order valence-electron chi connectivity index (χ1n) is 15.6. The van der Waals surface area contributed by atoms with Crippen LogP contribution in [0.4, 0.5) is 0 Å². The molecule has 1 N–H and O–H groups in total. The highest BCUT2D eigenvalue weighted by molar-refractivity contribution is 5.79. The van der Waals surface area contributed by atoms with E-state index in [1.165, 1.54) is 34.9 Å². The van der Waals surface area contributed by atoms with Crippen molar-refractivity contribution in [1.82, 2.24) is 0 Å². The average molecular weight is 648 g/mol. The van der Waals surface area contributed by atoms with Crippen LogP contribution in [-0.2, 0) is 52.2 Å². The summed E-state index contributed by atoms with van der Waals surface area (Å²) in [6, 6.07) is 1.72. The van der Waals surface area contributed by atoms with Gasteiger partial charge in [0.1, 0.15) is 51.3 Å². The molecule has 0 amide bonds. The first-order valence-corrected chi connectivity index (χ1v) is 15.6. The summed E-state index contributed by atoms with van der Waals surface area (Å²) < 4.78 is 48.9. The molecule has 0 radical (unpaired) electrons. The molecule has 0 aliphatic rings. The molecule has 45 heavy (non-hydrogen) atoms. The van der Waals surface area contributed by atoms with Crippen molar-refractivity contribution in [2.24, 2.45) is 5.41 Å². The maximum absolute atomic E-state index is 13.4. The summed E-state index contributed by atoms with van der Waals surface area (Å²) in [6.45, 7) is 0.677. The second-order valence-electron chi connectivity index (χ2n) is 10.6. The second-order valence-corrected chi connectivity index (χ2v) is 10.6. The Bertz CT molecular complexity index is 820. The van der Waals surface area contributed by atoms with Crippen molar-refractivity contribution in [1.29, 1.82) is 5.26 Å². The Kier molecular flexibility index (Phi) is 27.0. The minimum absolute atomic E-state index is 0.141. The third-order valence-electron chi connectivity index (χ3n) is 7.18. The van der Waals surface area contributed by atoms with E-state index < -0.39 is 42.4 Å². The van der Waals surface area contributed by atoms with E-state index in [1.54, 1.807) is 12.1 Å². The number of nitrogens with zero attached hydrogens (tertiary/aromatic N) is 1. The van der Waals surface area contributed by atoms with E-state index >= 15 is 0 Å². The number of carbonyl (C=O) groups is 2. The quantitative estimate of drug-likeness (QED) is 0.0377. The number of ketones is 1. The summed E-state index contributed by atoms with van der Waals surface area (Å²) in [6.07, 6.45) is 8.37. The summed E-state index contributed by atoms with van der Waals surface area (Å²) >= 11 is 0. The monoisotopic (exact) mass is 647 g/mol. The molecule has 13 heteroatoms. The van der Waals surface area contributed by atoms with E-state index in [9.17, 15) is 20.0 Å². The lowest BCUT2D eigenvalue weighted by Crippen LogP contribution is -2.62. The summed E-state index contributed by atoms with van der Waals surface area (Å²) in [5.41, 5.74) is -2.12. The van der Waals surface area contributed by atoms with Crippen LogP contribution < -0.4 is 0 Å². The third kappa shape index (κ3) is 16.9. The zero-order valence-electron chi connectivity index (χ0n) is 28.2. The molecule has 0 heterocycles. The minimum Gasteiger partial charge on any atom is -0.468 e. The Hall–Kier alpha value is -1.99. The largest absolute Gasteiger partial charge is 0.468 e. The summed E-state index contributed by atoms with van der Waals surface area (Å²) in [5, 5.41) is 20.8. The molecule has 0 bridgehead atoms. The number of methoxy groups -OCH3 is 5. The molecule has 0 rings (SSSR count). The number of hydrogen-bond donors (Lipinski definition) is 1. The van der Waals surface area contributed by atoms with Gasteiger partial charge in [0.2, 0.25) is 0 Å². The van der Waals surface area contributed by atoms with Crippen LogP contribution in [0.15, 0.2) is 12.2 Å². The fourth-order valence-corrected chi connectivity index (χ4v) is 4.83. The molecule has 0 aromatic rings. The number of carbonyl (C=O) groups excluding carboxylic acids is 2. The van der Waals surface area contributed by atoms with E-state index in [4.69, 9.17) is 42.6 Å². The topological polar surface area (TPSA) is 161 Å². The number of unbranched alkanes of at least 4 members (excludes halogenated alkanes) is 7. The van der Waals surface area contributed by atoms with Crippen molar-refractivity contribution >= 4 is 11.8 Å². The predicted octanol–water partition coefficient (Wildman–Crippen LogP) is 4.05. The first kappa shape index (κ1) is 43.0. The molecule has 13 nitrogen and oxygen atoms in total. The van der Waals surface area contributed by atoms with Crippen LogP contribution in [0, 0.1) is 16.7 Å². The molecule has 0 aliphatic carbocycles. The zero-order valence-corrected chi connectivity index (χ0v) is 28.2. The molecule has 0 saturated carbocycles. The van der Waals surface area contributed by atoms with Crippen LogP contribution in [0.3, 0.4) is 0 Å². The van der Waals surface area contributed by atoms with Gasteiger partial charge in [0.15, 0.2) is 11.5 Å². The van der Waals surface area contributed by atoms with Gasteiger partial charge < -0.3 is 47.7 Å². The predicted molar refractivity (Wildman–Crippen MR) is 165 cm³/mol. The number of esters is 1. The van der Waals surface area contributed by atoms with Gasteiger partial charge in [-0.15, -0.1) is 0 Å². The third-order valence-corrected chi connectivity index (χ3v) is 7.18. The highest BCUT2D eigenvalue weighted by Crippen LogP contribution is 2.37. The number of nitriles is 1. The van der Waals surface area contributed by atoms with Gasteiger partial charge in [-0.25, -0.2) is 0 Å². The van der Waals surface area contributed by atoms with Gasteiger partial charge in [0, 0.05) is 41.3 Å². The molecular weight excluding hydrogens is 590 g/mol. The van der Waals surface area contributed by atoms with E-state index in [0.29, 0.717) is 25.0 Å². The summed E-state index contributed by atoms with van der Waals surface area (Å²) in [4.78, 5) is 25.5. The summed E-state index contributed by atoms with van der Waals surface area (Å²) in [7, 11) is 6.77. The lowest BCUT2D eigenvalue weighted by Gasteiger charge is -2.43. The molecule has 0 aromatic heterocycles. The molecule has 0 saturated heterocycles. The van der Waals surface area contributed by atoms with Crippen molar-refractivity contribution < 1.29 is 57.3 Å². The number of hydrogen-bond acceptors (Lipinski definition) is 13. The molecule has 0 aromatic carbocycles. The van der Waals surface area contributed by atoms with Crippen molar-refractivity contribution in [3.05, 3.63) is 12.2 Å². The van der Waals surface area contributed by atoms with Gasteiger partial charge in [-0.3, -0.25) is 9.59 Å². The lowest BCUT2D eigenvalue weighted by atomic mass is 9.74. The molecule has 5 atom stereocenters. The van der Waals surface area contributed by atoms with Crippen LogP contribution >= 0.6 is 0 Å². The number of ether oxygens (including phenoxy) is 9. The highest BCUT2D eigenvalue weighted by Gasteiger charge is 2.58. The first-order chi connectivity index (χ1) is 21.8. The van der Waals surface area contributed by atoms with Crippen molar-refractivity contribution in [2.45, 2.75) is 102 Å². The van der Waals surface area contributed by atoms with E-state index in [2.05, 4.69) is 6.92 Å². The molecule has 1 unspecified atom stereocenters. The van der Waals surface area contributed by atoms with E-state index in [0.717, 1.165) is 52.1 Å². The van der Waals surface area contributed by atoms with Gasteiger partial charge >= 0.3 is 5.97 Å². The average Bonchev–Trinajstić information content (AvgIpc) is 3.05. The zero-order chi connectivity index (χ0) is 33.8. The lowest BCUT2D eigenvalue weighted by molar-refractivity contribution is -0.248. The van der Waals surface area contributed by atoms with Crippen LogP contribution in [0.2, 0.25) is 0 Å². The van der Waals surface area contributed by atoms with Crippen LogP contribution in [-0.4, -0.2) is 111 Å². The smallest absolute Gasteiger partial charge is 0.320 e. The second kappa shape index (κ2) is 28.3. The highest BCUT2D eigenvalue weighted by atomic mass is 16.7.